The van der Waals surface area contributed by atoms with Gasteiger partial charge >= 0.3 is 0 Å². The van der Waals surface area contributed by atoms with Gasteiger partial charge in [-0.1, -0.05) is 0 Å². The molecule has 0 aromatic carbocycles. The first kappa shape index (κ1) is 13.9. The first-order chi connectivity index (χ1) is 7.41. The van der Waals surface area contributed by atoms with E-state index in [-0.39, 0.29) is 5.92 Å². The molecule has 0 unspecified atom stereocenters. The summed E-state index contributed by atoms with van der Waals surface area (Å²) < 4.78 is 14.0. The highest BCUT2D eigenvalue weighted by molar-refractivity contribution is 4.83. The summed E-state index contributed by atoms with van der Waals surface area (Å²) in [6, 6.07) is 0.984. The number of piperidine rings is 1. The van der Waals surface area contributed by atoms with Crippen LogP contribution in [0.25, 0.3) is 0 Å². The van der Waals surface area contributed by atoms with E-state index in [9.17, 15) is 4.39 Å². The molecule has 0 bridgehead atoms. The summed E-state index contributed by atoms with van der Waals surface area (Å²) in [6.45, 7) is 11.2. The summed E-state index contributed by atoms with van der Waals surface area (Å²) in [6.07, 6.45) is 0.341. The Kier molecular flexibility index (Phi) is 5.19. The predicted octanol–water partition coefficient (Wildman–Crippen LogP) is 2.40. The maximum absolute atomic E-state index is 14.0. The SMILES string of the molecule is CC(C)N(C)C[C@H]1CCN(C(C)C)C[C@@H]1F. The van der Waals surface area contributed by atoms with Gasteiger partial charge in [0.2, 0.25) is 0 Å². The highest BCUT2D eigenvalue weighted by Crippen LogP contribution is 2.23. The van der Waals surface area contributed by atoms with Gasteiger partial charge in [-0.15, -0.1) is 0 Å². The van der Waals surface area contributed by atoms with Crippen LogP contribution in [0.15, 0.2) is 0 Å². The van der Waals surface area contributed by atoms with E-state index in [4.69, 9.17) is 0 Å². The highest BCUT2D eigenvalue weighted by atomic mass is 19.1. The van der Waals surface area contributed by atoms with Crippen LogP contribution in [0, 0.1) is 5.92 Å². The third-order valence-corrected chi connectivity index (χ3v) is 3.84. The molecule has 0 saturated carbocycles. The molecule has 0 aromatic heterocycles. The van der Waals surface area contributed by atoms with Crippen molar-refractivity contribution in [3.8, 4) is 0 Å². The molecule has 3 heteroatoms. The minimum Gasteiger partial charge on any atom is -0.304 e. The molecule has 2 atom stereocenters. The monoisotopic (exact) mass is 230 g/mol. The van der Waals surface area contributed by atoms with E-state index in [0.29, 0.717) is 18.6 Å². The largest absolute Gasteiger partial charge is 0.304 e. The maximum atomic E-state index is 14.0. The molecular formula is C13H27FN2. The van der Waals surface area contributed by atoms with Crippen molar-refractivity contribution in [2.75, 3.05) is 26.7 Å². The van der Waals surface area contributed by atoms with Gasteiger partial charge in [0, 0.05) is 31.1 Å². The zero-order valence-corrected chi connectivity index (χ0v) is 11.4. The van der Waals surface area contributed by atoms with Gasteiger partial charge in [-0.3, -0.25) is 4.90 Å². The van der Waals surface area contributed by atoms with Crippen LogP contribution in [0.1, 0.15) is 34.1 Å². The number of likely N-dealkylation sites (tertiary alicyclic amines) is 1. The summed E-state index contributed by atoms with van der Waals surface area (Å²) in [5.41, 5.74) is 0. The second-order valence-corrected chi connectivity index (χ2v) is 5.69. The highest BCUT2D eigenvalue weighted by Gasteiger charge is 2.31. The molecule has 0 aromatic rings. The smallest absolute Gasteiger partial charge is 0.117 e. The molecule has 1 heterocycles. The van der Waals surface area contributed by atoms with Crippen molar-refractivity contribution >= 4 is 0 Å². The molecule has 0 amide bonds. The van der Waals surface area contributed by atoms with Gasteiger partial charge in [0.25, 0.3) is 0 Å². The summed E-state index contributed by atoms with van der Waals surface area (Å²) >= 11 is 0. The lowest BCUT2D eigenvalue weighted by molar-refractivity contribution is 0.0458. The molecule has 1 fully saturated rings. The number of hydrogen-bond donors (Lipinski definition) is 0. The molecule has 1 rings (SSSR count). The molecule has 0 radical (unpaired) electrons. The fourth-order valence-corrected chi connectivity index (χ4v) is 2.23. The standard InChI is InChI=1S/C13H27FN2/c1-10(2)15(5)8-12-6-7-16(11(3)4)9-13(12)14/h10-13H,6-9H2,1-5H3/t12-,13+/m1/s1. The molecular weight excluding hydrogens is 203 g/mol. The van der Waals surface area contributed by atoms with Gasteiger partial charge in [0.15, 0.2) is 0 Å². The lowest BCUT2D eigenvalue weighted by Gasteiger charge is -2.39. The number of nitrogens with zero attached hydrogens (tertiary/aromatic N) is 2. The van der Waals surface area contributed by atoms with Crippen LogP contribution in [-0.4, -0.2) is 54.7 Å². The van der Waals surface area contributed by atoms with Crippen LogP contribution < -0.4 is 0 Å². The van der Waals surface area contributed by atoms with Gasteiger partial charge in [-0.05, 0) is 47.7 Å². The molecule has 96 valence electrons. The number of halogens is 1. The van der Waals surface area contributed by atoms with E-state index in [2.05, 4.69) is 44.5 Å². The number of alkyl halides is 1. The van der Waals surface area contributed by atoms with Crippen molar-refractivity contribution in [2.45, 2.75) is 52.4 Å². The average molecular weight is 230 g/mol. The molecule has 0 N–H and O–H groups in total. The third kappa shape index (κ3) is 3.70. The summed E-state index contributed by atoms with van der Waals surface area (Å²) in [5, 5.41) is 0. The fraction of sp³-hybridized carbons (Fsp3) is 1.00. The summed E-state index contributed by atoms with van der Waals surface area (Å²) in [7, 11) is 2.09. The topological polar surface area (TPSA) is 6.48 Å². The molecule has 2 nitrogen and oxygen atoms in total. The van der Waals surface area contributed by atoms with E-state index in [1.165, 1.54) is 0 Å². The quantitative estimate of drug-likeness (QED) is 0.732. The minimum atomic E-state index is -0.655. The Morgan fingerprint density at radius 3 is 2.38 bits per heavy atom. The van der Waals surface area contributed by atoms with Crippen molar-refractivity contribution in [3.05, 3.63) is 0 Å². The van der Waals surface area contributed by atoms with Gasteiger partial charge in [-0.2, -0.15) is 0 Å². The van der Waals surface area contributed by atoms with E-state index in [0.717, 1.165) is 19.5 Å². The first-order valence-electron chi connectivity index (χ1n) is 6.50. The van der Waals surface area contributed by atoms with E-state index >= 15 is 0 Å². The van der Waals surface area contributed by atoms with E-state index in [1.54, 1.807) is 0 Å². The molecule has 1 aliphatic rings. The van der Waals surface area contributed by atoms with Crippen LogP contribution in [0.4, 0.5) is 4.39 Å². The normalized spacial score (nSPS) is 28.3. The van der Waals surface area contributed by atoms with Gasteiger partial charge in [-0.25, -0.2) is 4.39 Å². The second kappa shape index (κ2) is 5.97. The van der Waals surface area contributed by atoms with Crippen LogP contribution in [0.3, 0.4) is 0 Å². The molecule has 0 aliphatic carbocycles. The second-order valence-electron chi connectivity index (χ2n) is 5.69. The summed E-state index contributed by atoms with van der Waals surface area (Å²) in [5.74, 6) is 0.224. The van der Waals surface area contributed by atoms with Crippen LogP contribution >= 0.6 is 0 Å². The molecule has 1 saturated heterocycles. The third-order valence-electron chi connectivity index (χ3n) is 3.84. The lowest BCUT2D eigenvalue weighted by Crippen LogP contribution is -2.48. The first-order valence-corrected chi connectivity index (χ1v) is 6.50. The van der Waals surface area contributed by atoms with Crippen molar-refractivity contribution in [1.82, 2.24) is 9.80 Å². The molecule has 0 spiro atoms. The zero-order valence-electron chi connectivity index (χ0n) is 11.4. The predicted molar refractivity (Wildman–Crippen MR) is 67.5 cm³/mol. The molecule has 1 aliphatic heterocycles. The Labute approximate surface area is 99.8 Å². The van der Waals surface area contributed by atoms with Gasteiger partial charge in [0.05, 0.1) is 0 Å². The van der Waals surface area contributed by atoms with Gasteiger partial charge in [0.1, 0.15) is 6.17 Å². The van der Waals surface area contributed by atoms with Gasteiger partial charge < -0.3 is 4.90 Å². The van der Waals surface area contributed by atoms with Crippen LogP contribution in [0.2, 0.25) is 0 Å². The number of rotatable bonds is 4. The Morgan fingerprint density at radius 1 is 1.31 bits per heavy atom. The maximum Gasteiger partial charge on any atom is 0.117 e. The van der Waals surface area contributed by atoms with E-state index < -0.39 is 6.17 Å². The van der Waals surface area contributed by atoms with Crippen molar-refractivity contribution < 1.29 is 4.39 Å². The van der Waals surface area contributed by atoms with Crippen molar-refractivity contribution in [1.29, 1.82) is 0 Å². The Balaban J connectivity index is 2.41. The average Bonchev–Trinajstić information content (AvgIpc) is 2.20. The van der Waals surface area contributed by atoms with Crippen molar-refractivity contribution in [3.63, 3.8) is 0 Å². The Bertz CT molecular complexity index is 206. The fourth-order valence-electron chi connectivity index (χ4n) is 2.23. The van der Waals surface area contributed by atoms with Crippen LogP contribution in [0.5, 0.6) is 0 Å². The van der Waals surface area contributed by atoms with Crippen molar-refractivity contribution in [2.24, 2.45) is 5.92 Å². The zero-order chi connectivity index (χ0) is 12.3. The Morgan fingerprint density at radius 2 is 1.94 bits per heavy atom. The lowest BCUT2D eigenvalue weighted by atomic mass is 9.93. The van der Waals surface area contributed by atoms with Crippen LogP contribution in [-0.2, 0) is 0 Å². The van der Waals surface area contributed by atoms with E-state index in [1.807, 2.05) is 0 Å². The minimum absolute atomic E-state index is 0.224. The summed E-state index contributed by atoms with van der Waals surface area (Å²) in [4.78, 5) is 4.50. The Hall–Kier alpha value is -0.150. The number of hydrogen-bond acceptors (Lipinski definition) is 2. The molecule has 16 heavy (non-hydrogen) atoms.